The first-order chi connectivity index (χ1) is 16.9. The summed E-state index contributed by atoms with van der Waals surface area (Å²) in [5.41, 5.74) is 2.56. The number of rotatable bonds is 4. The van der Waals surface area contributed by atoms with Crippen molar-refractivity contribution in [3.63, 3.8) is 0 Å². The number of hydrogen-bond donors (Lipinski definition) is 2. The zero-order chi connectivity index (χ0) is 24.5. The summed E-state index contributed by atoms with van der Waals surface area (Å²) in [5, 5.41) is 13.3. The van der Waals surface area contributed by atoms with Crippen LogP contribution in [0, 0.1) is 6.92 Å². The van der Waals surface area contributed by atoms with Crippen LogP contribution in [0.1, 0.15) is 68.0 Å². The summed E-state index contributed by atoms with van der Waals surface area (Å²) in [6.07, 6.45) is 9.54. The third-order valence-corrected chi connectivity index (χ3v) is 8.26. The van der Waals surface area contributed by atoms with Crippen molar-refractivity contribution in [2.45, 2.75) is 63.8 Å². The largest absolute Gasteiger partial charge is 0.465 e. The molecule has 1 amide bonds. The molecular formula is C25H29BrN6O3. The molecule has 1 saturated heterocycles. The van der Waals surface area contributed by atoms with Crippen LogP contribution in [-0.4, -0.2) is 48.7 Å². The number of carboxylic acid groups (broad SMARTS) is 1. The normalized spacial score (nSPS) is 19.1. The van der Waals surface area contributed by atoms with Crippen LogP contribution >= 0.6 is 15.9 Å². The number of amides is 1. The van der Waals surface area contributed by atoms with Crippen LogP contribution in [0.15, 0.2) is 33.8 Å². The van der Waals surface area contributed by atoms with Crippen LogP contribution in [0.25, 0.3) is 11.0 Å². The van der Waals surface area contributed by atoms with Gasteiger partial charge in [-0.05, 0) is 78.1 Å². The van der Waals surface area contributed by atoms with Gasteiger partial charge in [-0.15, -0.1) is 0 Å². The Labute approximate surface area is 211 Å². The Morgan fingerprint density at radius 2 is 1.89 bits per heavy atom. The molecule has 0 aromatic carbocycles. The fraction of sp³-hybridized carbons (Fsp3) is 0.480. The number of anilines is 2. The van der Waals surface area contributed by atoms with Crippen molar-refractivity contribution in [1.82, 2.24) is 24.4 Å². The number of halogens is 1. The molecule has 9 nitrogen and oxygen atoms in total. The molecule has 1 aliphatic carbocycles. The molecule has 5 rings (SSSR count). The number of fused-ring (bicyclic) bond motifs is 1. The highest BCUT2D eigenvalue weighted by molar-refractivity contribution is 9.10. The highest BCUT2D eigenvalue weighted by atomic mass is 79.9. The minimum atomic E-state index is -0.848. The summed E-state index contributed by atoms with van der Waals surface area (Å²) in [5.74, 6) is 1.31. The molecule has 2 N–H and O–H groups in total. The average Bonchev–Trinajstić information content (AvgIpc) is 3.26. The predicted octanol–water partition coefficient (Wildman–Crippen LogP) is 5.36. The minimum Gasteiger partial charge on any atom is -0.465 e. The molecule has 3 aromatic heterocycles. The van der Waals surface area contributed by atoms with E-state index in [9.17, 15) is 14.7 Å². The first-order valence-corrected chi connectivity index (χ1v) is 13.0. The molecule has 1 atom stereocenters. The van der Waals surface area contributed by atoms with E-state index in [1.807, 2.05) is 29.8 Å². The standard InChI is InChI=1S/C25H29BrN6O3/c1-15-19-14-28-24(30-22(19)32(23(33)21(15)26)18-6-2-3-7-18)29-20-9-8-17(13-27-20)16-5-4-11-31(12-10-16)25(34)35/h8-9,13-14,16,18H,2-7,10-12H2,1H3,(H,34,35)(H,27,28,29,30). The molecule has 35 heavy (non-hydrogen) atoms. The lowest BCUT2D eigenvalue weighted by Gasteiger charge is -2.19. The van der Waals surface area contributed by atoms with E-state index in [4.69, 9.17) is 4.98 Å². The van der Waals surface area contributed by atoms with Crippen LogP contribution in [0.5, 0.6) is 0 Å². The molecule has 3 aromatic rings. The van der Waals surface area contributed by atoms with Gasteiger partial charge in [0.1, 0.15) is 11.5 Å². The van der Waals surface area contributed by atoms with Crippen molar-refractivity contribution in [3.8, 4) is 0 Å². The van der Waals surface area contributed by atoms with Crippen molar-refractivity contribution in [2.24, 2.45) is 0 Å². The highest BCUT2D eigenvalue weighted by Gasteiger charge is 2.24. The topological polar surface area (TPSA) is 113 Å². The van der Waals surface area contributed by atoms with E-state index >= 15 is 0 Å². The number of aryl methyl sites for hydroxylation is 1. The molecule has 0 radical (unpaired) electrons. The van der Waals surface area contributed by atoms with Gasteiger partial charge in [-0.1, -0.05) is 18.9 Å². The van der Waals surface area contributed by atoms with Crippen LogP contribution in [0.3, 0.4) is 0 Å². The molecule has 1 saturated carbocycles. The van der Waals surface area contributed by atoms with Gasteiger partial charge in [0.2, 0.25) is 5.95 Å². The monoisotopic (exact) mass is 540 g/mol. The number of nitrogens with one attached hydrogen (secondary N) is 1. The average molecular weight is 541 g/mol. The summed E-state index contributed by atoms with van der Waals surface area (Å²) in [6, 6.07) is 4.09. The van der Waals surface area contributed by atoms with Gasteiger partial charge in [-0.2, -0.15) is 4.98 Å². The summed E-state index contributed by atoms with van der Waals surface area (Å²) in [4.78, 5) is 39.7. The van der Waals surface area contributed by atoms with Gasteiger partial charge in [-0.3, -0.25) is 9.36 Å². The van der Waals surface area contributed by atoms with E-state index in [0.717, 1.165) is 61.5 Å². The summed E-state index contributed by atoms with van der Waals surface area (Å²) in [7, 11) is 0. The van der Waals surface area contributed by atoms with Crippen molar-refractivity contribution in [1.29, 1.82) is 0 Å². The van der Waals surface area contributed by atoms with Gasteiger partial charge in [0.05, 0.1) is 4.47 Å². The number of pyridine rings is 2. The van der Waals surface area contributed by atoms with Gasteiger partial charge in [-0.25, -0.2) is 14.8 Å². The maximum absolute atomic E-state index is 13.1. The number of carbonyl (C=O) groups is 1. The van der Waals surface area contributed by atoms with Crippen LogP contribution < -0.4 is 10.9 Å². The van der Waals surface area contributed by atoms with Crippen molar-refractivity contribution in [2.75, 3.05) is 18.4 Å². The van der Waals surface area contributed by atoms with Crippen molar-refractivity contribution < 1.29 is 9.90 Å². The van der Waals surface area contributed by atoms with Gasteiger partial charge in [0, 0.05) is 36.9 Å². The Balaban J connectivity index is 1.39. The Morgan fingerprint density at radius 1 is 1.09 bits per heavy atom. The zero-order valence-electron chi connectivity index (χ0n) is 19.7. The summed E-state index contributed by atoms with van der Waals surface area (Å²) < 4.78 is 2.40. The first kappa shape index (κ1) is 23.7. The molecule has 0 spiro atoms. The van der Waals surface area contributed by atoms with Gasteiger partial charge < -0.3 is 15.3 Å². The third-order valence-electron chi connectivity index (χ3n) is 7.32. The number of nitrogens with zero attached hydrogens (tertiary/aromatic N) is 5. The number of likely N-dealkylation sites (tertiary alicyclic amines) is 1. The quantitative estimate of drug-likeness (QED) is 0.457. The number of hydrogen-bond acceptors (Lipinski definition) is 6. The van der Waals surface area contributed by atoms with E-state index in [-0.39, 0.29) is 11.6 Å². The lowest BCUT2D eigenvalue weighted by Crippen LogP contribution is -2.30. The molecule has 184 valence electrons. The van der Waals surface area contributed by atoms with Crippen LogP contribution in [0.2, 0.25) is 0 Å². The van der Waals surface area contributed by atoms with E-state index < -0.39 is 6.09 Å². The maximum atomic E-state index is 13.1. The minimum absolute atomic E-state index is 0.0427. The maximum Gasteiger partial charge on any atom is 0.407 e. The lowest BCUT2D eigenvalue weighted by atomic mass is 9.93. The predicted molar refractivity (Wildman–Crippen MR) is 137 cm³/mol. The SMILES string of the molecule is Cc1c(Br)c(=O)n(C2CCCC2)c2nc(Nc3ccc(C4CCCN(C(=O)O)CC4)cn3)ncc12. The molecule has 1 unspecified atom stereocenters. The van der Waals surface area contributed by atoms with E-state index in [1.54, 1.807) is 6.20 Å². The molecule has 2 aliphatic rings. The van der Waals surface area contributed by atoms with Crippen molar-refractivity contribution in [3.05, 3.63) is 50.5 Å². The Bertz CT molecular complexity index is 1300. The van der Waals surface area contributed by atoms with Gasteiger partial charge >= 0.3 is 6.09 Å². The van der Waals surface area contributed by atoms with Crippen molar-refractivity contribution >= 4 is 44.8 Å². The Hall–Kier alpha value is -3.01. The second-order valence-electron chi connectivity index (χ2n) is 9.48. The lowest BCUT2D eigenvalue weighted by molar-refractivity contribution is 0.147. The van der Waals surface area contributed by atoms with Crippen LogP contribution in [0.4, 0.5) is 16.6 Å². The third kappa shape index (κ3) is 4.76. The Kier molecular flexibility index (Phi) is 6.73. The van der Waals surface area contributed by atoms with E-state index in [1.165, 1.54) is 4.90 Å². The van der Waals surface area contributed by atoms with E-state index in [2.05, 4.69) is 31.2 Å². The van der Waals surface area contributed by atoms with E-state index in [0.29, 0.717) is 40.9 Å². The second-order valence-corrected chi connectivity index (χ2v) is 10.3. The Morgan fingerprint density at radius 3 is 2.60 bits per heavy atom. The second kappa shape index (κ2) is 9.93. The van der Waals surface area contributed by atoms with Gasteiger partial charge in [0.15, 0.2) is 0 Å². The fourth-order valence-electron chi connectivity index (χ4n) is 5.32. The molecule has 4 heterocycles. The molecule has 2 fully saturated rings. The van der Waals surface area contributed by atoms with Gasteiger partial charge in [0.25, 0.3) is 5.56 Å². The smallest absolute Gasteiger partial charge is 0.407 e. The first-order valence-electron chi connectivity index (χ1n) is 12.2. The molecular weight excluding hydrogens is 512 g/mol. The highest BCUT2D eigenvalue weighted by Crippen LogP contribution is 2.33. The summed E-state index contributed by atoms with van der Waals surface area (Å²) in [6.45, 7) is 3.04. The summed E-state index contributed by atoms with van der Waals surface area (Å²) >= 11 is 3.48. The molecule has 0 bridgehead atoms. The molecule has 10 heteroatoms. The number of aromatic nitrogens is 4. The fourth-order valence-corrected chi connectivity index (χ4v) is 5.72. The molecule has 1 aliphatic heterocycles. The van der Waals surface area contributed by atoms with Crippen LogP contribution in [-0.2, 0) is 0 Å². The zero-order valence-corrected chi connectivity index (χ0v) is 21.3.